The predicted octanol–water partition coefficient (Wildman–Crippen LogP) is 3.52. The molecule has 2 heteroatoms. The maximum atomic E-state index is 3.71. The second-order valence-electron chi connectivity index (χ2n) is 7.77. The molecule has 2 rings (SSSR count). The standard InChI is InChI=1S/C17H34N2/c1-14(2)16-7-10-19(11-16)13-17(8-5-6-9-17)12-18-15(3)4/h14-16,18H,5-13H2,1-4H3. The Kier molecular flexibility index (Phi) is 5.30. The Morgan fingerprint density at radius 3 is 2.37 bits per heavy atom. The van der Waals surface area contributed by atoms with E-state index in [9.17, 15) is 0 Å². The van der Waals surface area contributed by atoms with Gasteiger partial charge in [0, 0.05) is 25.7 Å². The van der Waals surface area contributed by atoms with Crippen molar-refractivity contribution in [2.45, 2.75) is 65.8 Å². The molecule has 0 aromatic rings. The average molecular weight is 266 g/mol. The Bertz CT molecular complexity index is 266. The van der Waals surface area contributed by atoms with Crippen LogP contribution in [0.15, 0.2) is 0 Å². The molecule has 0 radical (unpaired) electrons. The molecule has 0 aromatic heterocycles. The largest absolute Gasteiger partial charge is 0.314 e. The lowest BCUT2D eigenvalue weighted by molar-refractivity contribution is 0.162. The first-order chi connectivity index (χ1) is 9.01. The molecule has 1 aliphatic carbocycles. The van der Waals surface area contributed by atoms with Gasteiger partial charge in [-0.2, -0.15) is 0 Å². The highest BCUT2D eigenvalue weighted by atomic mass is 15.2. The van der Waals surface area contributed by atoms with Crippen LogP contribution in [-0.4, -0.2) is 37.1 Å². The van der Waals surface area contributed by atoms with Gasteiger partial charge in [0.15, 0.2) is 0 Å². The van der Waals surface area contributed by atoms with E-state index in [2.05, 4.69) is 37.9 Å². The molecule has 1 N–H and O–H groups in total. The van der Waals surface area contributed by atoms with E-state index in [0.29, 0.717) is 11.5 Å². The van der Waals surface area contributed by atoms with Crippen molar-refractivity contribution in [1.29, 1.82) is 0 Å². The van der Waals surface area contributed by atoms with Crippen LogP contribution in [-0.2, 0) is 0 Å². The number of rotatable bonds is 6. The Labute approximate surface area is 120 Å². The molecule has 19 heavy (non-hydrogen) atoms. The van der Waals surface area contributed by atoms with Crippen LogP contribution in [0.3, 0.4) is 0 Å². The van der Waals surface area contributed by atoms with Crippen LogP contribution in [0.25, 0.3) is 0 Å². The highest BCUT2D eigenvalue weighted by molar-refractivity contribution is 4.92. The molecule has 2 fully saturated rings. The van der Waals surface area contributed by atoms with Gasteiger partial charge in [-0.15, -0.1) is 0 Å². The van der Waals surface area contributed by atoms with E-state index in [-0.39, 0.29) is 0 Å². The lowest BCUT2D eigenvalue weighted by Gasteiger charge is -2.35. The van der Waals surface area contributed by atoms with Gasteiger partial charge in [-0.05, 0) is 43.1 Å². The van der Waals surface area contributed by atoms with Gasteiger partial charge < -0.3 is 10.2 Å². The molecule has 1 aliphatic heterocycles. The minimum atomic E-state index is 0.580. The van der Waals surface area contributed by atoms with Gasteiger partial charge in [0.1, 0.15) is 0 Å². The zero-order valence-electron chi connectivity index (χ0n) is 13.5. The van der Waals surface area contributed by atoms with Crippen molar-refractivity contribution in [2.75, 3.05) is 26.2 Å². The maximum absolute atomic E-state index is 3.71. The number of likely N-dealkylation sites (tertiary alicyclic amines) is 1. The summed E-state index contributed by atoms with van der Waals surface area (Å²) in [5, 5.41) is 3.71. The molecular formula is C17H34N2. The Balaban J connectivity index is 1.87. The predicted molar refractivity (Wildman–Crippen MR) is 83.4 cm³/mol. The van der Waals surface area contributed by atoms with E-state index in [4.69, 9.17) is 0 Å². The minimum absolute atomic E-state index is 0.580. The fourth-order valence-corrected chi connectivity index (χ4v) is 3.96. The smallest absolute Gasteiger partial charge is 0.00503 e. The summed E-state index contributed by atoms with van der Waals surface area (Å²) in [6, 6.07) is 0.625. The number of hydrogen-bond acceptors (Lipinski definition) is 2. The fraction of sp³-hybridized carbons (Fsp3) is 1.00. The van der Waals surface area contributed by atoms with Crippen LogP contribution in [0.2, 0.25) is 0 Å². The SMILES string of the molecule is CC(C)NCC1(CN2CCC(C(C)C)C2)CCCC1. The fourth-order valence-electron chi connectivity index (χ4n) is 3.96. The van der Waals surface area contributed by atoms with Crippen LogP contribution >= 0.6 is 0 Å². The summed E-state index contributed by atoms with van der Waals surface area (Å²) < 4.78 is 0. The summed E-state index contributed by atoms with van der Waals surface area (Å²) in [6.07, 6.45) is 7.19. The van der Waals surface area contributed by atoms with Crippen molar-refractivity contribution in [3.63, 3.8) is 0 Å². The molecule has 1 unspecified atom stereocenters. The second-order valence-corrected chi connectivity index (χ2v) is 7.77. The second kappa shape index (κ2) is 6.58. The first-order valence-corrected chi connectivity index (χ1v) is 8.46. The third kappa shape index (κ3) is 4.19. The zero-order valence-corrected chi connectivity index (χ0v) is 13.5. The molecule has 1 saturated heterocycles. The third-order valence-corrected chi connectivity index (χ3v) is 5.36. The van der Waals surface area contributed by atoms with Crippen molar-refractivity contribution in [1.82, 2.24) is 10.2 Å². The summed E-state index contributed by atoms with van der Waals surface area (Å²) in [5.74, 6) is 1.80. The van der Waals surface area contributed by atoms with Crippen LogP contribution < -0.4 is 5.32 Å². The topological polar surface area (TPSA) is 15.3 Å². The van der Waals surface area contributed by atoms with Gasteiger partial charge in [0.05, 0.1) is 0 Å². The lowest BCUT2D eigenvalue weighted by atomic mass is 9.85. The summed E-state index contributed by atoms with van der Waals surface area (Å²) in [7, 11) is 0. The molecule has 0 spiro atoms. The summed E-state index contributed by atoms with van der Waals surface area (Å²) in [4.78, 5) is 2.76. The van der Waals surface area contributed by atoms with Crippen molar-refractivity contribution in [2.24, 2.45) is 17.3 Å². The van der Waals surface area contributed by atoms with Crippen molar-refractivity contribution in [3.05, 3.63) is 0 Å². The van der Waals surface area contributed by atoms with E-state index in [1.807, 2.05) is 0 Å². The quantitative estimate of drug-likeness (QED) is 0.791. The molecular weight excluding hydrogens is 232 g/mol. The molecule has 0 aromatic carbocycles. The number of nitrogens with zero attached hydrogens (tertiary/aromatic N) is 1. The zero-order chi connectivity index (χ0) is 13.9. The minimum Gasteiger partial charge on any atom is -0.314 e. The van der Waals surface area contributed by atoms with Gasteiger partial charge in [-0.25, -0.2) is 0 Å². The Morgan fingerprint density at radius 1 is 1.16 bits per heavy atom. The first-order valence-electron chi connectivity index (χ1n) is 8.46. The van der Waals surface area contributed by atoms with Crippen LogP contribution in [0.1, 0.15) is 59.8 Å². The van der Waals surface area contributed by atoms with Crippen LogP contribution in [0.4, 0.5) is 0 Å². The van der Waals surface area contributed by atoms with E-state index < -0.39 is 0 Å². The highest BCUT2D eigenvalue weighted by Gasteiger charge is 2.37. The van der Waals surface area contributed by atoms with E-state index in [1.54, 1.807) is 0 Å². The third-order valence-electron chi connectivity index (χ3n) is 5.36. The Hall–Kier alpha value is -0.0800. The molecule has 1 heterocycles. The Morgan fingerprint density at radius 2 is 1.84 bits per heavy atom. The molecule has 2 nitrogen and oxygen atoms in total. The monoisotopic (exact) mass is 266 g/mol. The van der Waals surface area contributed by atoms with Crippen molar-refractivity contribution >= 4 is 0 Å². The van der Waals surface area contributed by atoms with Gasteiger partial charge in [-0.3, -0.25) is 0 Å². The summed E-state index contributed by atoms with van der Waals surface area (Å²) >= 11 is 0. The highest BCUT2D eigenvalue weighted by Crippen LogP contribution is 2.39. The van der Waals surface area contributed by atoms with E-state index in [0.717, 1.165) is 11.8 Å². The van der Waals surface area contributed by atoms with Crippen LogP contribution in [0.5, 0.6) is 0 Å². The normalized spacial score (nSPS) is 27.8. The molecule has 1 saturated carbocycles. The molecule has 0 amide bonds. The van der Waals surface area contributed by atoms with E-state index >= 15 is 0 Å². The van der Waals surface area contributed by atoms with Gasteiger partial charge in [0.25, 0.3) is 0 Å². The average Bonchev–Trinajstić information content (AvgIpc) is 2.97. The molecule has 112 valence electrons. The molecule has 0 bridgehead atoms. The maximum Gasteiger partial charge on any atom is 0.00503 e. The van der Waals surface area contributed by atoms with Crippen molar-refractivity contribution < 1.29 is 0 Å². The van der Waals surface area contributed by atoms with Crippen LogP contribution in [0, 0.1) is 17.3 Å². The summed E-state index contributed by atoms with van der Waals surface area (Å²) in [6.45, 7) is 14.6. The number of hydrogen-bond donors (Lipinski definition) is 1. The lowest BCUT2D eigenvalue weighted by Crippen LogP contribution is -2.43. The van der Waals surface area contributed by atoms with E-state index in [1.165, 1.54) is 58.3 Å². The van der Waals surface area contributed by atoms with Gasteiger partial charge in [-0.1, -0.05) is 40.5 Å². The van der Waals surface area contributed by atoms with Gasteiger partial charge in [0.2, 0.25) is 0 Å². The molecule has 2 aliphatic rings. The van der Waals surface area contributed by atoms with Crippen molar-refractivity contribution in [3.8, 4) is 0 Å². The molecule has 1 atom stereocenters. The van der Waals surface area contributed by atoms with Gasteiger partial charge >= 0.3 is 0 Å². The first kappa shape index (κ1) is 15.3. The number of nitrogens with one attached hydrogen (secondary N) is 1. The summed E-state index contributed by atoms with van der Waals surface area (Å²) in [5.41, 5.74) is 0.580.